The quantitative estimate of drug-likeness (QED) is 0.645. The van der Waals surface area contributed by atoms with Gasteiger partial charge in [0, 0.05) is 19.8 Å². The molecular formula is C10H18N2O3S. The van der Waals surface area contributed by atoms with Crippen molar-refractivity contribution in [3.05, 3.63) is 0 Å². The lowest BCUT2D eigenvalue weighted by Crippen LogP contribution is -2.38. The van der Waals surface area contributed by atoms with Crippen LogP contribution >= 0.6 is 11.8 Å². The molecule has 0 aromatic rings. The summed E-state index contributed by atoms with van der Waals surface area (Å²) in [4.78, 5) is 24.2. The SMILES string of the molecule is CCOCCCNC(=O)CN1CSCC1=O. The summed E-state index contributed by atoms with van der Waals surface area (Å²) in [5.74, 6) is 1.09. The molecule has 0 spiro atoms. The smallest absolute Gasteiger partial charge is 0.239 e. The number of amides is 2. The minimum absolute atomic E-state index is 0.0504. The molecule has 0 aromatic carbocycles. The first kappa shape index (κ1) is 13.3. The van der Waals surface area contributed by atoms with Gasteiger partial charge in [-0.25, -0.2) is 0 Å². The molecule has 0 saturated carbocycles. The van der Waals surface area contributed by atoms with E-state index in [-0.39, 0.29) is 18.4 Å². The summed E-state index contributed by atoms with van der Waals surface area (Å²) in [5, 5.41) is 2.77. The number of carbonyl (C=O) groups is 2. The average molecular weight is 246 g/mol. The third kappa shape index (κ3) is 4.85. The van der Waals surface area contributed by atoms with Gasteiger partial charge >= 0.3 is 0 Å². The highest BCUT2D eigenvalue weighted by Gasteiger charge is 2.22. The topological polar surface area (TPSA) is 58.6 Å². The Labute approximate surface area is 99.9 Å². The van der Waals surface area contributed by atoms with Gasteiger partial charge < -0.3 is 15.0 Å². The number of rotatable bonds is 7. The fourth-order valence-corrected chi connectivity index (χ4v) is 2.22. The molecule has 1 rings (SSSR count). The van der Waals surface area contributed by atoms with Gasteiger partial charge in [0.05, 0.1) is 11.6 Å². The van der Waals surface area contributed by atoms with Crippen molar-refractivity contribution in [2.75, 3.05) is 37.9 Å². The molecule has 1 N–H and O–H groups in total. The summed E-state index contributed by atoms with van der Waals surface area (Å²) in [6.07, 6.45) is 0.808. The number of thioether (sulfide) groups is 1. The molecule has 16 heavy (non-hydrogen) atoms. The minimum Gasteiger partial charge on any atom is -0.382 e. The van der Waals surface area contributed by atoms with Crippen molar-refractivity contribution < 1.29 is 14.3 Å². The van der Waals surface area contributed by atoms with Crippen LogP contribution in [0.1, 0.15) is 13.3 Å². The number of ether oxygens (including phenoxy) is 1. The molecule has 1 fully saturated rings. The highest BCUT2D eigenvalue weighted by molar-refractivity contribution is 8.00. The van der Waals surface area contributed by atoms with Crippen molar-refractivity contribution in [2.24, 2.45) is 0 Å². The first-order chi connectivity index (χ1) is 7.74. The third-order valence-corrected chi connectivity index (χ3v) is 3.10. The van der Waals surface area contributed by atoms with Crippen LogP contribution in [0, 0.1) is 0 Å². The second-order valence-electron chi connectivity index (χ2n) is 3.47. The van der Waals surface area contributed by atoms with Crippen molar-refractivity contribution in [3.63, 3.8) is 0 Å². The van der Waals surface area contributed by atoms with Crippen molar-refractivity contribution in [1.29, 1.82) is 0 Å². The van der Waals surface area contributed by atoms with Crippen molar-refractivity contribution in [1.82, 2.24) is 10.2 Å². The first-order valence-corrected chi connectivity index (χ1v) is 6.59. The molecule has 1 aliphatic heterocycles. The molecule has 0 unspecified atom stereocenters. The molecule has 6 heteroatoms. The Hall–Kier alpha value is -0.750. The molecule has 5 nitrogen and oxygen atoms in total. The van der Waals surface area contributed by atoms with E-state index < -0.39 is 0 Å². The van der Waals surface area contributed by atoms with Gasteiger partial charge in [0.15, 0.2) is 0 Å². The Bertz CT molecular complexity index is 248. The standard InChI is InChI=1S/C10H18N2O3S/c1-2-15-5-3-4-11-9(13)6-12-8-16-7-10(12)14/h2-8H2,1H3,(H,11,13). The van der Waals surface area contributed by atoms with E-state index in [0.717, 1.165) is 6.42 Å². The Morgan fingerprint density at radius 1 is 1.62 bits per heavy atom. The first-order valence-electron chi connectivity index (χ1n) is 5.44. The van der Waals surface area contributed by atoms with Gasteiger partial charge in [0.2, 0.25) is 11.8 Å². The van der Waals surface area contributed by atoms with E-state index in [1.807, 2.05) is 6.92 Å². The highest BCUT2D eigenvalue weighted by Crippen LogP contribution is 2.13. The molecule has 0 bridgehead atoms. The predicted octanol–water partition coefficient (Wildman–Crippen LogP) is 0.0621. The fraction of sp³-hybridized carbons (Fsp3) is 0.800. The van der Waals surface area contributed by atoms with E-state index in [0.29, 0.717) is 31.4 Å². The van der Waals surface area contributed by atoms with Crippen LogP contribution in [0.15, 0.2) is 0 Å². The summed E-state index contributed by atoms with van der Waals surface area (Å²) in [6.45, 7) is 4.09. The zero-order chi connectivity index (χ0) is 11.8. The van der Waals surface area contributed by atoms with Crippen LogP contribution in [-0.2, 0) is 14.3 Å². The fourth-order valence-electron chi connectivity index (χ4n) is 1.32. The van der Waals surface area contributed by atoms with E-state index in [1.54, 1.807) is 16.7 Å². The molecule has 0 atom stereocenters. The lowest BCUT2D eigenvalue weighted by molar-refractivity contribution is -0.132. The normalized spacial score (nSPS) is 15.6. The van der Waals surface area contributed by atoms with Crippen molar-refractivity contribution in [3.8, 4) is 0 Å². The summed E-state index contributed by atoms with van der Waals surface area (Å²) in [5.41, 5.74) is 0. The molecule has 1 saturated heterocycles. The van der Waals surface area contributed by atoms with Gasteiger partial charge in [0.25, 0.3) is 0 Å². The van der Waals surface area contributed by atoms with E-state index in [4.69, 9.17) is 4.74 Å². The van der Waals surface area contributed by atoms with Crippen LogP contribution in [0.2, 0.25) is 0 Å². The monoisotopic (exact) mass is 246 g/mol. The number of nitrogens with one attached hydrogen (secondary N) is 1. The third-order valence-electron chi connectivity index (χ3n) is 2.15. The van der Waals surface area contributed by atoms with E-state index in [2.05, 4.69) is 5.32 Å². The number of hydrogen-bond donors (Lipinski definition) is 1. The largest absolute Gasteiger partial charge is 0.382 e. The van der Waals surface area contributed by atoms with Crippen LogP contribution < -0.4 is 5.32 Å². The second-order valence-corrected chi connectivity index (χ2v) is 4.42. The molecule has 92 valence electrons. The molecule has 1 aliphatic rings. The lowest BCUT2D eigenvalue weighted by atomic mass is 10.4. The Balaban J connectivity index is 2.04. The minimum atomic E-state index is -0.0904. The van der Waals surface area contributed by atoms with Crippen molar-refractivity contribution >= 4 is 23.6 Å². The zero-order valence-corrected chi connectivity index (χ0v) is 10.3. The van der Waals surface area contributed by atoms with Crippen LogP contribution in [0.25, 0.3) is 0 Å². The maximum Gasteiger partial charge on any atom is 0.239 e. The van der Waals surface area contributed by atoms with Crippen LogP contribution in [0.5, 0.6) is 0 Å². The summed E-state index contributed by atoms with van der Waals surface area (Å²) in [7, 11) is 0. The number of hydrogen-bond acceptors (Lipinski definition) is 4. The molecular weight excluding hydrogens is 228 g/mol. The second kappa shape index (κ2) is 7.51. The molecule has 1 heterocycles. The number of nitrogens with zero attached hydrogens (tertiary/aromatic N) is 1. The van der Waals surface area contributed by atoms with Crippen LogP contribution in [0.4, 0.5) is 0 Å². The average Bonchev–Trinajstić information content (AvgIpc) is 2.64. The Morgan fingerprint density at radius 3 is 3.06 bits per heavy atom. The maximum atomic E-state index is 11.4. The van der Waals surface area contributed by atoms with Crippen LogP contribution in [-0.4, -0.2) is 54.6 Å². The van der Waals surface area contributed by atoms with E-state index in [9.17, 15) is 9.59 Å². The van der Waals surface area contributed by atoms with Gasteiger partial charge in [-0.05, 0) is 13.3 Å². The van der Waals surface area contributed by atoms with E-state index >= 15 is 0 Å². The zero-order valence-electron chi connectivity index (χ0n) is 9.53. The summed E-state index contributed by atoms with van der Waals surface area (Å²) >= 11 is 1.54. The Kier molecular flexibility index (Phi) is 6.25. The van der Waals surface area contributed by atoms with Gasteiger partial charge in [-0.15, -0.1) is 11.8 Å². The molecule has 0 aromatic heterocycles. The number of carbonyl (C=O) groups excluding carboxylic acids is 2. The van der Waals surface area contributed by atoms with E-state index in [1.165, 1.54) is 0 Å². The molecule has 0 aliphatic carbocycles. The van der Waals surface area contributed by atoms with Gasteiger partial charge in [-0.1, -0.05) is 0 Å². The lowest BCUT2D eigenvalue weighted by Gasteiger charge is -2.14. The molecule has 2 amide bonds. The predicted molar refractivity (Wildman–Crippen MR) is 63.2 cm³/mol. The maximum absolute atomic E-state index is 11.4. The van der Waals surface area contributed by atoms with Gasteiger partial charge in [0.1, 0.15) is 6.54 Å². The van der Waals surface area contributed by atoms with Gasteiger partial charge in [-0.3, -0.25) is 9.59 Å². The van der Waals surface area contributed by atoms with Gasteiger partial charge in [-0.2, -0.15) is 0 Å². The highest BCUT2D eigenvalue weighted by atomic mass is 32.2. The van der Waals surface area contributed by atoms with Crippen molar-refractivity contribution in [2.45, 2.75) is 13.3 Å². The Morgan fingerprint density at radius 2 is 2.44 bits per heavy atom. The summed E-state index contributed by atoms with van der Waals surface area (Å²) in [6, 6.07) is 0. The molecule has 0 radical (unpaired) electrons. The summed E-state index contributed by atoms with van der Waals surface area (Å²) < 4.78 is 5.15. The van der Waals surface area contributed by atoms with Crippen LogP contribution in [0.3, 0.4) is 0 Å².